The van der Waals surface area contributed by atoms with Crippen LogP contribution >= 0.6 is 11.6 Å². The summed E-state index contributed by atoms with van der Waals surface area (Å²) in [7, 11) is 0. The number of aliphatic hydroxyl groups is 1. The third-order valence-corrected chi connectivity index (χ3v) is 3.66. The normalized spacial score (nSPS) is 11.6. The molecule has 18 heavy (non-hydrogen) atoms. The van der Waals surface area contributed by atoms with Gasteiger partial charge in [0.2, 0.25) is 0 Å². The van der Waals surface area contributed by atoms with E-state index in [0.29, 0.717) is 5.69 Å². The van der Waals surface area contributed by atoms with E-state index in [9.17, 15) is 4.79 Å². The number of hydrogen-bond acceptors (Lipinski definition) is 4. The Hall–Kier alpha value is -1.07. The van der Waals surface area contributed by atoms with Crippen LogP contribution in [0.5, 0.6) is 0 Å². The van der Waals surface area contributed by atoms with E-state index < -0.39 is 0 Å². The second-order valence-electron chi connectivity index (χ2n) is 4.52. The molecule has 2 N–H and O–H groups in total. The van der Waals surface area contributed by atoms with Crippen LogP contribution in [0.15, 0.2) is 11.0 Å². The molecule has 1 aromatic heterocycles. The summed E-state index contributed by atoms with van der Waals surface area (Å²) in [4.78, 5) is 11.9. The molecule has 0 aliphatic carbocycles. The summed E-state index contributed by atoms with van der Waals surface area (Å²) in [6.07, 6.45) is 3.36. The topological polar surface area (TPSA) is 67.2 Å². The molecule has 102 valence electrons. The minimum atomic E-state index is -0.384. The fraction of sp³-hybridized carbons (Fsp3) is 0.667. The molecule has 0 fully saturated rings. The van der Waals surface area contributed by atoms with Crippen molar-refractivity contribution in [2.75, 3.05) is 11.9 Å². The van der Waals surface area contributed by atoms with Crippen molar-refractivity contribution in [1.82, 2.24) is 9.78 Å². The Balaban J connectivity index is 3.06. The lowest BCUT2D eigenvalue weighted by Crippen LogP contribution is -2.35. The number of halogens is 1. The van der Waals surface area contributed by atoms with Crippen molar-refractivity contribution in [3.63, 3.8) is 0 Å². The molecule has 6 heteroatoms. The van der Waals surface area contributed by atoms with Gasteiger partial charge >= 0.3 is 0 Å². The molecule has 1 heterocycles. The molecule has 5 nitrogen and oxygen atoms in total. The molecular weight excluding hydrogens is 254 g/mol. The van der Waals surface area contributed by atoms with Crippen LogP contribution in [0.1, 0.15) is 33.6 Å². The van der Waals surface area contributed by atoms with Crippen LogP contribution in [0.4, 0.5) is 5.69 Å². The molecule has 0 aromatic carbocycles. The summed E-state index contributed by atoms with van der Waals surface area (Å²) >= 11 is 6.04. The minimum absolute atomic E-state index is 0.110. The van der Waals surface area contributed by atoms with Gasteiger partial charge < -0.3 is 10.4 Å². The van der Waals surface area contributed by atoms with E-state index in [1.54, 1.807) is 0 Å². The number of aromatic nitrogens is 2. The molecule has 0 amide bonds. The molecule has 0 saturated carbocycles. The van der Waals surface area contributed by atoms with Gasteiger partial charge in [0, 0.05) is 5.54 Å². The van der Waals surface area contributed by atoms with Crippen LogP contribution in [0.3, 0.4) is 0 Å². The van der Waals surface area contributed by atoms with Crippen LogP contribution in [0.2, 0.25) is 5.02 Å². The molecule has 0 unspecified atom stereocenters. The van der Waals surface area contributed by atoms with Crippen LogP contribution < -0.4 is 10.9 Å². The molecule has 0 aliphatic rings. The zero-order chi connectivity index (χ0) is 13.8. The van der Waals surface area contributed by atoms with Gasteiger partial charge in [-0.15, -0.1) is 0 Å². The van der Waals surface area contributed by atoms with Crippen molar-refractivity contribution in [3.05, 3.63) is 21.6 Å². The van der Waals surface area contributed by atoms with Crippen LogP contribution in [0, 0.1) is 0 Å². The number of aliphatic hydroxyl groups excluding tert-OH is 1. The monoisotopic (exact) mass is 273 g/mol. The maximum atomic E-state index is 11.9. The molecular formula is C12H20ClN3O2. The largest absolute Gasteiger partial charge is 0.394 e. The van der Waals surface area contributed by atoms with Gasteiger partial charge in [-0.05, 0) is 19.8 Å². The summed E-state index contributed by atoms with van der Waals surface area (Å²) in [6.45, 7) is 6.23. The molecule has 0 bridgehead atoms. The molecule has 0 atom stereocenters. The first kappa shape index (κ1) is 15.0. The lowest BCUT2D eigenvalue weighted by Gasteiger charge is -2.29. The average Bonchev–Trinajstić information content (AvgIpc) is 2.38. The van der Waals surface area contributed by atoms with Gasteiger partial charge in [-0.2, -0.15) is 5.10 Å². The minimum Gasteiger partial charge on any atom is -0.394 e. The van der Waals surface area contributed by atoms with E-state index in [1.807, 2.05) is 0 Å². The molecule has 0 saturated heterocycles. The highest BCUT2D eigenvalue weighted by molar-refractivity contribution is 6.32. The van der Waals surface area contributed by atoms with Crippen molar-refractivity contribution in [2.24, 2.45) is 0 Å². The quantitative estimate of drug-likeness (QED) is 0.830. The molecule has 1 rings (SSSR count). The maximum Gasteiger partial charge on any atom is 0.287 e. The van der Waals surface area contributed by atoms with E-state index in [1.165, 1.54) is 6.20 Å². The molecule has 1 aromatic rings. The summed E-state index contributed by atoms with van der Waals surface area (Å²) < 4.78 is 1.16. The summed E-state index contributed by atoms with van der Waals surface area (Å²) in [5, 5.41) is 16.2. The number of anilines is 1. The highest BCUT2D eigenvalue weighted by atomic mass is 35.5. The molecule has 0 spiro atoms. The summed E-state index contributed by atoms with van der Waals surface area (Å²) in [6, 6.07) is 0. The summed E-state index contributed by atoms with van der Waals surface area (Å²) in [5.74, 6) is 0. The Labute approximate surface area is 112 Å². The first-order chi connectivity index (χ1) is 8.47. The standard InChI is InChI=1S/C12H20ClN3O2/c1-4-12(3,5-2)15-9-8-14-16(6-7-17)11(18)10(9)13/h8,15,17H,4-7H2,1-3H3. The van der Waals surface area contributed by atoms with Gasteiger partial charge in [-0.25, -0.2) is 4.68 Å². The average molecular weight is 274 g/mol. The number of rotatable bonds is 6. The Bertz CT molecular complexity index is 455. The third-order valence-electron chi connectivity index (χ3n) is 3.29. The first-order valence-corrected chi connectivity index (χ1v) is 6.50. The van der Waals surface area contributed by atoms with Crippen molar-refractivity contribution in [2.45, 2.75) is 45.7 Å². The Morgan fingerprint density at radius 1 is 1.50 bits per heavy atom. The zero-order valence-electron chi connectivity index (χ0n) is 11.0. The Kier molecular flexibility index (Phi) is 5.16. The van der Waals surface area contributed by atoms with E-state index in [0.717, 1.165) is 17.5 Å². The van der Waals surface area contributed by atoms with Gasteiger partial charge in [0.25, 0.3) is 5.56 Å². The van der Waals surface area contributed by atoms with E-state index in [2.05, 4.69) is 31.2 Å². The van der Waals surface area contributed by atoms with Crippen molar-refractivity contribution in [1.29, 1.82) is 0 Å². The van der Waals surface area contributed by atoms with Crippen molar-refractivity contribution < 1.29 is 5.11 Å². The van der Waals surface area contributed by atoms with E-state index >= 15 is 0 Å². The highest BCUT2D eigenvalue weighted by Crippen LogP contribution is 2.24. The third kappa shape index (κ3) is 3.23. The molecule has 0 radical (unpaired) electrons. The second kappa shape index (κ2) is 6.20. The van der Waals surface area contributed by atoms with Gasteiger partial charge in [-0.3, -0.25) is 4.79 Å². The van der Waals surface area contributed by atoms with E-state index in [4.69, 9.17) is 16.7 Å². The van der Waals surface area contributed by atoms with Gasteiger partial charge in [0.15, 0.2) is 0 Å². The fourth-order valence-corrected chi connectivity index (χ4v) is 1.75. The smallest absolute Gasteiger partial charge is 0.287 e. The summed E-state index contributed by atoms with van der Waals surface area (Å²) in [5.41, 5.74) is 0.0494. The second-order valence-corrected chi connectivity index (χ2v) is 4.89. The van der Waals surface area contributed by atoms with Gasteiger partial charge in [0.05, 0.1) is 25.0 Å². The predicted octanol–water partition coefficient (Wildman–Crippen LogP) is 1.88. The van der Waals surface area contributed by atoms with Gasteiger partial charge in [-0.1, -0.05) is 25.4 Å². The van der Waals surface area contributed by atoms with Crippen LogP contribution in [-0.2, 0) is 6.54 Å². The van der Waals surface area contributed by atoms with Gasteiger partial charge in [0.1, 0.15) is 5.02 Å². The zero-order valence-corrected chi connectivity index (χ0v) is 11.8. The lowest BCUT2D eigenvalue weighted by atomic mass is 9.95. The van der Waals surface area contributed by atoms with E-state index in [-0.39, 0.29) is 29.3 Å². The first-order valence-electron chi connectivity index (χ1n) is 6.12. The maximum absolute atomic E-state index is 11.9. The number of hydrogen-bond donors (Lipinski definition) is 2. The lowest BCUT2D eigenvalue weighted by molar-refractivity contribution is 0.266. The van der Waals surface area contributed by atoms with Crippen LogP contribution in [-0.4, -0.2) is 27.0 Å². The van der Waals surface area contributed by atoms with Crippen LogP contribution in [0.25, 0.3) is 0 Å². The van der Waals surface area contributed by atoms with Crippen molar-refractivity contribution in [3.8, 4) is 0 Å². The number of nitrogens with one attached hydrogen (secondary N) is 1. The molecule has 0 aliphatic heterocycles. The SMILES string of the molecule is CCC(C)(CC)Nc1cnn(CCO)c(=O)c1Cl. The Morgan fingerprint density at radius 3 is 2.61 bits per heavy atom. The highest BCUT2D eigenvalue weighted by Gasteiger charge is 2.21. The number of nitrogens with zero attached hydrogens (tertiary/aromatic N) is 2. The predicted molar refractivity (Wildman–Crippen MR) is 73.2 cm³/mol. The Morgan fingerprint density at radius 2 is 2.11 bits per heavy atom. The van der Waals surface area contributed by atoms with Crippen molar-refractivity contribution >= 4 is 17.3 Å². The fourth-order valence-electron chi connectivity index (χ4n) is 1.56.